The summed E-state index contributed by atoms with van der Waals surface area (Å²) >= 11 is 3.45. The number of hydrogen-bond donors (Lipinski definition) is 2. The highest BCUT2D eigenvalue weighted by atomic mass is 79.9. The second kappa shape index (κ2) is 6.30. The third-order valence-corrected chi connectivity index (χ3v) is 4.49. The van der Waals surface area contributed by atoms with Crippen LogP contribution in [0.1, 0.15) is 50.8 Å². The first-order valence-electron chi connectivity index (χ1n) is 6.80. The van der Waals surface area contributed by atoms with Crippen LogP contribution < -0.4 is 11.3 Å². The second-order valence-electron chi connectivity index (χ2n) is 5.05. The van der Waals surface area contributed by atoms with Crippen molar-refractivity contribution >= 4 is 15.9 Å². The molecule has 3 N–H and O–H groups in total. The Bertz CT molecular complexity index is 391. The quantitative estimate of drug-likeness (QED) is 0.635. The topological polar surface area (TPSA) is 78.0 Å². The molecule has 0 radical (unpaired) electrons. The molecule has 19 heavy (non-hydrogen) atoms. The molecule has 108 valence electrons. The van der Waals surface area contributed by atoms with Gasteiger partial charge in [0.15, 0.2) is 4.60 Å². The molecule has 1 aliphatic carbocycles. The van der Waals surface area contributed by atoms with Gasteiger partial charge in [-0.25, -0.2) is 10.1 Å². The Morgan fingerprint density at radius 2 is 2.16 bits per heavy atom. The zero-order chi connectivity index (χ0) is 13.9. The van der Waals surface area contributed by atoms with Gasteiger partial charge in [0.05, 0.1) is 17.3 Å². The fourth-order valence-corrected chi connectivity index (χ4v) is 3.64. The highest BCUT2D eigenvalue weighted by molar-refractivity contribution is 9.10. The molecule has 0 aromatic carbocycles. The SMILES string of the molecule is CCOC1(C(NN)c2c(Br)nnn2C)CCCCC1. The van der Waals surface area contributed by atoms with Crippen LogP contribution in [-0.2, 0) is 11.8 Å². The van der Waals surface area contributed by atoms with Crippen molar-refractivity contribution in [2.24, 2.45) is 12.9 Å². The molecule has 1 fully saturated rings. The van der Waals surface area contributed by atoms with Crippen LogP contribution >= 0.6 is 15.9 Å². The number of rotatable bonds is 5. The van der Waals surface area contributed by atoms with E-state index in [9.17, 15) is 0 Å². The molecule has 1 aromatic heterocycles. The van der Waals surface area contributed by atoms with Crippen LogP contribution in [0, 0.1) is 0 Å². The first kappa shape index (κ1) is 14.9. The standard InChI is InChI=1S/C12H22BrN5O/c1-3-19-12(7-5-4-6-8-12)10(15-14)9-11(13)16-17-18(9)2/h10,15H,3-8,14H2,1-2H3. The Balaban J connectivity index is 2.37. The van der Waals surface area contributed by atoms with Gasteiger partial charge in [0.2, 0.25) is 0 Å². The average molecular weight is 332 g/mol. The van der Waals surface area contributed by atoms with Gasteiger partial charge < -0.3 is 4.74 Å². The van der Waals surface area contributed by atoms with Crippen molar-refractivity contribution in [3.8, 4) is 0 Å². The number of nitrogens with one attached hydrogen (secondary N) is 1. The maximum Gasteiger partial charge on any atom is 0.153 e. The first-order valence-corrected chi connectivity index (χ1v) is 7.59. The van der Waals surface area contributed by atoms with E-state index in [2.05, 4.69) is 31.7 Å². The van der Waals surface area contributed by atoms with E-state index >= 15 is 0 Å². The molecule has 1 unspecified atom stereocenters. The Hall–Kier alpha value is -0.500. The molecule has 1 heterocycles. The van der Waals surface area contributed by atoms with Crippen molar-refractivity contribution in [3.63, 3.8) is 0 Å². The lowest BCUT2D eigenvalue weighted by molar-refractivity contribution is -0.0930. The molecule has 0 saturated heterocycles. The molecule has 0 amide bonds. The van der Waals surface area contributed by atoms with Crippen molar-refractivity contribution in [1.82, 2.24) is 20.4 Å². The lowest BCUT2D eigenvalue weighted by Gasteiger charge is -2.42. The van der Waals surface area contributed by atoms with E-state index < -0.39 is 0 Å². The van der Waals surface area contributed by atoms with E-state index in [1.165, 1.54) is 19.3 Å². The molecule has 0 spiro atoms. The average Bonchev–Trinajstić information content (AvgIpc) is 2.73. The Kier molecular flexibility index (Phi) is 4.94. The summed E-state index contributed by atoms with van der Waals surface area (Å²) in [6, 6.07) is -0.109. The van der Waals surface area contributed by atoms with Gasteiger partial charge >= 0.3 is 0 Å². The first-order chi connectivity index (χ1) is 9.14. The number of nitrogens with zero attached hydrogens (tertiary/aromatic N) is 3. The monoisotopic (exact) mass is 331 g/mol. The second-order valence-corrected chi connectivity index (χ2v) is 5.80. The van der Waals surface area contributed by atoms with Crippen LogP contribution in [0.4, 0.5) is 0 Å². The molecular weight excluding hydrogens is 310 g/mol. The van der Waals surface area contributed by atoms with Gasteiger partial charge in [0.25, 0.3) is 0 Å². The summed E-state index contributed by atoms with van der Waals surface area (Å²) < 4.78 is 8.60. The van der Waals surface area contributed by atoms with Gasteiger partial charge in [-0.1, -0.05) is 24.5 Å². The van der Waals surface area contributed by atoms with Crippen molar-refractivity contribution in [3.05, 3.63) is 10.3 Å². The number of hydrazine groups is 1. The lowest BCUT2D eigenvalue weighted by atomic mass is 9.78. The maximum atomic E-state index is 6.13. The third kappa shape index (κ3) is 2.84. The highest BCUT2D eigenvalue weighted by Crippen LogP contribution is 2.42. The van der Waals surface area contributed by atoms with Crippen molar-refractivity contribution < 1.29 is 4.74 Å². The van der Waals surface area contributed by atoms with E-state index in [0.717, 1.165) is 23.1 Å². The minimum atomic E-state index is -0.264. The predicted molar refractivity (Wildman–Crippen MR) is 76.2 cm³/mol. The van der Waals surface area contributed by atoms with Crippen LogP contribution in [0.2, 0.25) is 0 Å². The highest BCUT2D eigenvalue weighted by Gasteiger charge is 2.43. The molecule has 6 nitrogen and oxygen atoms in total. The van der Waals surface area contributed by atoms with E-state index in [1.807, 2.05) is 14.0 Å². The van der Waals surface area contributed by atoms with E-state index in [-0.39, 0.29) is 11.6 Å². The normalized spacial score (nSPS) is 20.4. The zero-order valence-corrected chi connectivity index (χ0v) is 13.1. The Morgan fingerprint density at radius 3 is 2.63 bits per heavy atom. The van der Waals surface area contributed by atoms with Gasteiger partial charge in [-0.15, -0.1) is 5.10 Å². The molecule has 1 aromatic rings. The third-order valence-electron chi connectivity index (χ3n) is 3.92. The van der Waals surface area contributed by atoms with Crippen molar-refractivity contribution in [2.45, 2.75) is 50.7 Å². The fraction of sp³-hybridized carbons (Fsp3) is 0.833. The number of aromatic nitrogens is 3. The van der Waals surface area contributed by atoms with Crippen LogP contribution in [0.15, 0.2) is 4.60 Å². The summed E-state index contributed by atoms with van der Waals surface area (Å²) in [5, 5.41) is 8.09. The largest absolute Gasteiger partial charge is 0.373 e. The minimum absolute atomic E-state index is 0.109. The van der Waals surface area contributed by atoms with Crippen LogP contribution in [0.3, 0.4) is 0 Å². The number of ether oxygens (including phenoxy) is 1. The molecule has 0 aliphatic heterocycles. The number of halogens is 1. The summed E-state index contributed by atoms with van der Waals surface area (Å²) in [6.45, 7) is 2.71. The van der Waals surface area contributed by atoms with Gasteiger partial charge in [0, 0.05) is 13.7 Å². The number of hydrogen-bond acceptors (Lipinski definition) is 5. The summed E-state index contributed by atoms with van der Waals surface area (Å²) in [6.07, 6.45) is 5.61. The molecule has 7 heteroatoms. The maximum absolute atomic E-state index is 6.13. The molecule has 1 atom stereocenters. The van der Waals surface area contributed by atoms with Gasteiger partial charge in [-0.3, -0.25) is 5.84 Å². The number of aryl methyl sites for hydroxylation is 1. The molecular formula is C12H22BrN5O. The fourth-order valence-electron chi connectivity index (χ4n) is 3.08. The van der Waals surface area contributed by atoms with Crippen molar-refractivity contribution in [1.29, 1.82) is 0 Å². The van der Waals surface area contributed by atoms with E-state index in [1.54, 1.807) is 4.68 Å². The molecule has 2 rings (SSSR count). The summed E-state index contributed by atoms with van der Waals surface area (Å²) in [5.41, 5.74) is 3.60. The van der Waals surface area contributed by atoms with Crippen molar-refractivity contribution in [2.75, 3.05) is 6.61 Å². The predicted octanol–water partition coefficient (Wildman–Crippen LogP) is 1.82. The van der Waals surface area contributed by atoms with Gasteiger partial charge in [0.1, 0.15) is 0 Å². The number of nitrogens with two attached hydrogens (primary N) is 1. The lowest BCUT2D eigenvalue weighted by Crippen LogP contribution is -2.50. The summed E-state index contributed by atoms with van der Waals surface area (Å²) in [7, 11) is 1.87. The zero-order valence-electron chi connectivity index (χ0n) is 11.5. The van der Waals surface area contributed by atoms with Crippen LogP contribution in [-0.4, -0.2) is 27.2 Å². The molecule has 1 saturated carbocycles. The smallest absolute Gasteiger partial charge is 0.153 e. The minimum Gasteiger partial charge on any atom is -0.373 e. The van der Waals surface area contributed by atoms with Gasteiger partial charge in [-0.05, 0) is 35.7 Å². The Labute approximate surface area is 122 Å². The van der Waals surface area contributed by atoms with E-state index in [0.29, 0.717) is 6.61 Å². The molecule has 1 aliphatic rings. The summed E-state index contributed by atoms with van der Waals surface area (Å²) in [5.74, 6) is 5.83. The summed E-state index contributed by atoms with van der Waals surface area (Å²) in [4.78, 5) is 0. The van der Waals surface area contributed by atoms with Crippen LogP contribution in [0.25, 0.3) is 0 Å². The van der Waals surface area contributed by atoms with Crippen LogP contribution in [0.5, 0.6) is 0 Å². The van der Waals surface area contributed by atoms with E-state index in [4.69, 9.17) is 10.6 Å². The van der Waals surface area contributed by atoms with Gasteiger partial charge in [-0.2, -0.15) is 0 Å². The Morgan fingerprint density at radius 1 is 1.47 bits per heavy atom. The molecule has 0 bridgehead atoms.